The van der Waals surface area contributed by atoms with Crippen LogP contribution in [0.15, 0.2) is 24.3 Å². The predicted octanol–water partition coefficient (Wildman–Crippen LogP) is 3.28. The molecule has 1 aromatic carbocycles. The van der Waals surface area contributed by atoms with Crippen molar-refractivity contribution >= 4 is 33.0 Å². The number of carbonyl (C=O) groups is 1. The van der Waals surface area contributed by atoms with Gasteiger partial charge in [-0.3, -0.25) is 9.48 Å². The van der Waals surface area contributed by atoms with Gasteiger partial charge in [0, 0.05) is 11.4 Å². The number of halogens is 1. The number of hydrogen-bond acceptors (Lipinski definition) is 5. The third-order valence-corrected chi connectivity index (χ3v) is 6.60. The number of hydrogen-bond donors (Lipinski definition) is 1. The molecule has 1 aromatic heterocycles. The zero-order chi connectivity index (χ0) is 19.8. The molecule has 3 rings (SSSR count). The number of nitrogens with zero attached hydrogens (tertiary/aromatic N) is 2. The molecule has 1 aliphatic heterocycles. The molecule has 0 aliphatic carbocycles. The van der Waals surface area contributed by atoms with Crippen molar-refractivity contribution in [3.63, 3.8) is 0 Å². The smallest absolute Gasteiger partial charge is 0.276 e. The lowest BCUT2D eigenvalue weighted by atomic mass is 10.1. The van der Waals surface area contributed by atoms with Crippen molar-refractivity contribution in [3.05, 3.63) is 40.7 Å². The van der Waals surface area contributed by atoms with Gasteiger partial charge in [0.05, 0.1) is 29.7 Å². The van der Waals surface area contributed by atoms with Gasteiger partial charge in [-0.25, -0.2) is 8.42 Å². The zero-order valence-corrected chi connectivity index (χ0v) is 17.0. The van der Waals surface area contributed by atoms with Gasteiger partial charge < -0.3 is 10.1 Å². The summed E-state index contributed by atoms with van der Waals surface area (Å²) in [6.45, 7) is 3.98. The molecule has 2 heterocycles. The summed E-state index contributed by atoms with van der Waals surface area (Å²) < 4.78 is 30.4. The largest absolute Gasteiger partial charge is 0.495 e. The second-order valence-electron chi connectivity index (χ2n) is 6.91. The van der Waals surface area contributed by atoms with Crippen LogP contribution < -0.4 is 10.1 Å². The molecule has 2 aromatic rings. The summed E-state index contributed by atoms with van der Waals surface area (Å²) in [6.07, 6.45) is 0.513. The molecule has 1 unspecified atom stereocenters. The van der Waals surface area contributed by atoms with Crippen LogP contribution in [0.25, 0.3) is 0 Å². The molecule has 7 nitrogen and oxygen atoms in total. The Morgan fingerprint density at radius 1 is 1.37 bits per heavy atom. The van der Waals surface area contributed by atoms with E-state index in [1.807, 2.05) is 13.8 Å². The van der Waals surface area contributed by atoms with Crippen molar-refractivity contribution in [1.29, 1.82) is 0 Å². The monoisotopic (exact) mass is 411 g/mol. The van der Waals surface area contributed by atoms with Crippen molar-refractivity contribution in [3.8, 4) is 5.75 Å². The van der Waals surface area contributed by atoms with Crippen molar-refractivity contribution < 1.29 is 17.9 Å². The first kappa shape index (κ1) is 19.7. The Bertz CT molecular complexity index is 969. The molecule has 146 valence electrons. The van der Waals surface area contributed by atoms with Crippen LogP contribution in [0.5, 0.6) is 5.75 Å². The van der Waals surface area contributed by atoms with Crippen molar-refractivity contribution in [2.75, 3.05) is 23.9 Å². The summed E-state index contributed by atoms with van der Waals surface area (Å²) in [5, 5.41) is 7.57. The minimum absolute atomic E-state index is 0.0591. The quantitative estimate of drug-likeness (QED) is 0.815. The van der Waals surface area contributed by atoms with Gasteiger partial charge in [0.25, 0.3) is 5.91 Å². The molecule has 0 saturated carbocycles. The van der Waals surface area contributed by atoms with Crippen LogP contribution in [-0.2, 0) is 9.84 Å². The Balaban J connectivity index is 1.85. The van der Waals surface area contributed by atoms with E-state index in [-0.39, 0.29) is 35.1 Å². The van der Waals surface area contributed by atoms with Crippen LogP contribution in [0.4, 0.5) is 5.69 Å². The number of methoxy groups -OCH3 is 1. The van der Waals surface area contributed by atoms with E-state index in [4.69, 9.17) is 16.3 Å². The molecule has 1 atom stereocenters. The minimum atomic E-state index is -3.04. The molecule has 1 fully saturated rings. The van der Waals surface area contributed by atoms with E-state index in [0.717, 1.165) is 5.69 Å². The maximum atomic E-state index is 12.6. The summed E-state index contributed by atoms with van der Waals surface area (Å²) in [6, 6.07) is 6.44. The van der Waals surface area contributed by atoms with Gasteiger partial charge in [0.15, 0.2) is 15.5 Å². The molecule has 9 heteroatoms. The summed E-state index contributed by atoms with van der Waals surface area (Å²) in [5.41, 5.74) is 1.61. The summed E-state index contributed by atoms with van der Waals surface area (Å²) in [4.78, 5) is 12.6. The van der Waals surface area contributed by atoms with Gasteiger partial charge in [-0.1, -0.05) is 25.4 Å². The molecule has 1 N–H and O–H groups in total. The Morgan fingerprint density at radius 3 is 2.67 bits per heavy atom. The molecular weight excluding hydrogens is 390 g/mol. The van der Waals surface area contributed by atoms with E-state index in [0.29, 0.717) is 22.9 Å². The second-order valence-corrected chi connectivity index (χ2v) is 9.55. The molecule has 0 bridgehead atoms. The molecule has 1 amide bonds. The number of benzene rings is 1. The van der Waals surface area contributed by atoms with Gasteiger partial charge in [-0.05, 0) is 36.6 Å². The van der Waals surface area contributed by atoms with E-state index in [1.165, 1.54) is 7.11 Å². The maximum absolute atomic E-state index is 12.6. The number of sulfone groups is 1. The highest BCUT2D eigenvalue weighted by atomic mass is 35.5. The zero-order valence-electron chi connectivity index (χ0n) is 15.4. The van der Waals surface area contributed by atoms with Crippen LogP contribution in [0.1, 0.15) is 48.4 Å². The van der Waals surface area contributed by atoms with E-state index >= 15 is 0 Å². The Hall–Kier alpha value is -2.06. The first-order valence-electron chi connectivity index (χ1n) is 8.65. The number of amides is 1. The Kier molecular flexibility index (Phi) is 5.48. The summed E-state index contributed by atoms with van der Waals surface area (Å²) in [7, 11) is -1.53. The van der Waals surface area contributed by atoms with Crippen LogP contribution >= 0.6 is 11.6 Å². The SMILES string of the molecule is COc1ccc(NC(=O)c2cc(C(C)C)n(C3CCS(=O)(=O)C3)n2)cc1Cl. The van der Waals surface area contributed by atoms with Gasteiger partial charge in [0.2, 0.25) is 0 Å². The Labute approximate surface area is 163 Å². The van der Waals surface area contributed by atoms with Crippen LogP contribution in [0, 0.1) is 0 Å². The van der Waals surface area contributed by atoms with Gasteiger partial charge in [-0.2, -0.15) is 5.10 Å². The molecule has 0 spiro atoms. The number of carbonyl (C=O) groups excluding carboxylic acids is 1. The topological polar surface area (TPSA) is 90.3 Å². The normalized spacial score (nSPS) is 18.6. The second kappa shape index (κ2) is 7.52. The van der Waals surface area contributed by atoms with Crippen LogP contribution in [0.3, 0.4) is 0 Å². The fourth-order valence-corrected chi connectivity index (χ4v) is 5.10. The van der Waals surface area contributed by atoms with E-state index in [1.54, 1.807) is 28.9 Å². The van der Waals surface area contributed by atoms with Gasteiger partial charge in [-0.15, -0.1) is 0 Å². The molecule has 0 radical (unpaired) electrons. The fraction of sp³-hybridized carbons (Fsp3) is 0.444. The van der Waals surface area contributed by atoms with Crippen molar-refractivity contribution in [2.24, 2.45) is 0 Å². The summed E-state index contributed by atoms with van der Waals surface area (Å²) in [5.74, 6) is 0.462. The molecule has 1 aliphatic rings. The summed E-state index contributed by atoms with van der Waals surface area (Å²) >= 11 is 6.09. The average Bonchev–Trinajstić information content (AvgIpc) is 3.18. The van der Waals surface area contributed by atoms with E-state index in [9.17, 15) is 13.2 Å². The lowest BCUT2D eigenvalue weighted by Crippen LogP contribution is -2.17. The van der Waals surface area contributed by atoms with Crippen molar-refractivity contribution in [1.82, 2.24) is 9.78 Å². The number of nitrogens with one attached hydrogen (secondary N) is 1. The Morgan fingerprint density at radius 2 is 2.11 bits per heavy atom. The number of rotatable bonds is 5. The van der Waals surface area contributed by atoms with Gasteiger partial charge in [0.1, 0.15) is 5.75 Å². The first-order chi connectivity index (χ1) is 12.7. The maximum Gasteiger partial charge on any atom is 0.276 e. The lowest BCUT2D eigenvalue weighted by molar-refractivity contribution is 0.102. The van der Waals surface area contributed by atoms with Crippen LogP contribution in [-0.4, -0.2) is 42.7 Å². The molecule has 27 heavy (non-hydrogen) atoms. The highest BCUT2D eigenvalue weighted by Gasteiger charge is 2.32. The third-order valence-electron chi connectivity index (χ3n) is 4.55. The highest BCUT2D eigenvalue weighted by molar-refractivity contribution is 7.91. The number of ether oxygens (including phenoxy) is 1. The fourth-order valence-electron chi connectivity index (χ4n) is 3.15. The lowest BCUT2D eigenvalue weighted by Gasteiger charge is -2.15. The number of aromatic nitrogens is 2. The average molecular weight is 412 g/mol. The van der Waals surface area contributed by atoms with E-state index in [2.05, 4.69) is 10.4 Å². The standard InChI is InChI=1S/C18H22ClN3O4S/c1-11(2)16-9-15(21-22(16)13-6-7-27(24,25)10-13)18(23)20-12-4-5-17(26-3)14(19)8-12/h4-5,8-9,11,13H,6-7,10H2,1-3H3,(H,20,23). The third kappa shape index (κ3) is 4.27. The predicted molar refractivity (Wildman–Crippen MR) is 105 cm³/mol. The highest BCUT2D eigenvalue weighted by Crippen LogP contribution is 2.29. The minimum Gasteiger partial charge on any atom is -0.495 e. The van der Waals surface area contributed by atoms with Crippen molar-refractivity contribution in [2.45, 2.75) is 32.2 Å². The van der Waals surface area contributed by atoms with E-state index < -0.39 is 9.84 Å². The molecular formula is C18H22ClN3O4S. The number of anilines is 1. The van der Waals surface area contributed by atoms with Crippen LogP contribution in [0.2, 0.25) is 5.02 Å². The van der Waals surface area contributed by atoms with Gasteiger partial charge >= 0.3 is 0 Å². The molecule has 1 saturated heterocycles. The first-order valence-corrected chi connectivity index (χ1v) is 10.8.